The number of nitrogens with two attached hydrogens (primary N) is 1. The zero-order valence-electron chi connectivity index (χ0n) is 14.0. The molecule has 0 saturated carbocycles. The SMILES string of the molecule is Cc1cccc(C(=O)NCCNC(N)=NCCc2ccccc2)c1. The third kappa shape index (κ3) is 6.12. The molecule has 5 nitrogen and oxygen atoms in total. The largest absolute Gasteiger partial charge is 0.370 e. The van der Waals surface area contributed by atoms with Crippen LogP contribution in [0.2, 0.25) is 0 Å². The first kappa shape index (κ1) is 17.5. The summed E-state index contributed by atoms with van der Waals surface area (Å²) in [4.78, 5) is 16.2. The molecule has 0 aliphatic carbocycles. The highest BCUT2D eigenvalue weighted by Gasteiger charge is 2.04. The number of hydrogen-bond donors (Lipinski definition) is 3. The van der Waals surface area contributed by atoms with Crippen molar-refractivity contribution in [3.63, 3.8) is 0 Å². The van der Waals surface area contributed by atoms with E-state index in [1.807, 2.05) is 43.3 Å². The van der Waals surface area contributed by atoms with E-state index in [-0.39, 0.29) is 5.91 Å². The van der Waals surface area contributed by atoms with Gasteiger partial charge < -0.3 is 16.4 Å². The van der Waals surface area contributed by atoms with E-state index < -0.39 is 0 Å². The first-order valence-electron chi connectivity index (χ1n) is 8.08. The summed E-state index contributed by atoms with van der Waals surface area (Å²) in [5, 5.41) is 5.85. The molecule has 4 N–H and O–H groups in total. The highest BCUT2D eigenvalue weighted by atomic mass is 16.1. The van der Waals surface area contributed by atoms with Gasteiger partial charge >= 0.3 is 0 Å². The van der Waals surface area contributed by atoms with Crippen molar-refractivity contribution in [2.45, 2.75) is 13.3 Å². The van der Waals surface area contributed by atoms with Crippen LogP contribution in [0.3, 0.4) is 0 Å². The molecule has 0 heterocycles. The number of carbonyl (C=O) groups is 1. The minimum Gasteiger partial charge on any atom is -0.370 e. The molecule has 1 amide bonds. The lowest BCUT2D eigenvalue weighted by Crippen LogP contribution is -2.38. The molecule has 0 atom stereocenters. The number of rotatable bonds is 7. The van der Waals surface area contributed by atoms with Gasteiger partial charge in [-0.1, -0.05) is 48.0 Å². The van der Waals surface area contributed by atoms with Gasteiger partial charge in [0.15, 0.2) is 5.96 Å². The molecule has 0 bridgehead atoms. The summed E-state index contributed by atoms with van der Waals surface area (Å²) >= 11 is 0. The number of guanidine groups is 1. The van der Waals surface area contributed by atoms with Gasteiger partial charge in [-0.15, -0.1) is 0 Å². The van der Waals surface area contributed by atoms with Crippen molar-refractivity contribution in [1.82, 2.24) is 10.6 Å². The van der Waals surface area contributed by atoms with Crippen molar-refractivity contribution in [3.05, 3.63) is 71.3 Å². The first-order chi connectivity index (χ1) is 11.6. The molecule has 5 heteroatoms. The second-order valence-corrected chi connectivity index (χ2v) is 5.55. The highest BCUT2D eigenvalue weighted by Crippen LogP contribution is 2.03. The predicted molar refractivity (Wildman–Crippen MR) is 98.2 cm³/mol. The Morgan fingerprint density at radius 1 is 1.04 bits per heavy atom. The fourth-order valence-corrected chi connectivity index (χ4v) is 2.26. The summed E-state index contributed by atoms with van der Waals surface area (Å²) in [5.74, 6) is 0.316. The lowest BCUT2D eigenvalue weighted by atomic mass is 10.1. The van der Waals surface area contributed by atoms with Gasteiger partial charge in [-0.05, 0) is 31.0 Å². The second-order valence-electron chi connectivity index (χ2n) is 5.55. The van der Waals surface area contributed by atoms with E-state index in [1.165, 1.54) is 5.56 Å². The Labute approximate surface area is 143 Å². The maximum absolute atomic E-state index is 12.0. The van der Waals surface area contributed by atoms with E-state index in [2.05, 4.69) is 27.8 Å². The number of amides is 1. The molecule has 0 fully saturated rings. The molecule has 2 rings (SSSR count). The van der Waals surface area contributed by atoms with Crippen molar-refractivity contribution in [3.8, 4) is 0 Å². The Bertz CT molecular complexity index is 683. The Hall–Kier alpha value is -2.82. The van der Waals surface area contributed by atoms with Gasteiger partial charge in [0.1, 0.15) is 0 Å². The molecule has 0 saturated heterocycles. The summed E-state index contributed by atoms with van der Waals surface area (Å²) in [6, 6.07) is 17.7. The maximum atomic E-state index is 12.0. The van der Waals surface area contributed by atoms with Gasteiger partial charge in [0.25, 0.3) is 5.91 Å². The third-order valence-corrected chi connectivity index (χ3v) is 3.52. The zero-order chi connectivity index (χ0) is 17.2. The molecular formula is C19H24N4O. The van der Waals surface area contributed by atoms with Crippen molar-refractivity contribution in [2.75, 3.05) is 19.6 Å². The monoisotopic (exact) mass is 324 g/mol. The molecule has 126 valence electrons. The normalized spacial score (nSPS) is 11.1. The van der Waals surface area contributed by atoms with Gasteiger partial charge in [-0.2, -0.15) is 0 Å². The minimum atomic E-state index is -0.0833. The molecular weight excluding hydrogens is 300 g/mol. The van der Waals surface area contributed by atoms with Crippen LogP contribution >= 0.6 is 0 Å². The Morgan fingerprint density at radius 2 is 1.79 bits per heavy atom. The Balaban J connectivity index is 1.64. The molecule has 0 aliphatic heterocycles. The number of nitrogens with one attached hydrogen (secondary N) is 2. The molecule has 24 heavy (non-hydrogen) atoms. The van der Waals surface area contributed by atoms with Gasteiger partial charge in [0.2, 0.25) is 0 Å². The van der Waals surface area contributed by atoms with Crippen molar-refractivity contribution in [1.29, 1.82) is 0 Å². The fraction of sp³-hybridized carbons (Fsp3) is 0.263. The summed E-state index contributed by atoms with van der Waals surface area (Å²) in [7, 11) is 0. The molecule has 2 aromatic carbocycles. The van der Waals surface area contributed by atoms with Gasteiger partial charge in [0, 0.05) is 25.2 Å². The second kappa shape index (κ2) is 9.35. The van der Waals surface area contributed by atoms with E-state index >= 15 is 0 Å². The molecule has 0 spiro atoms. The van der Waals surface area contributed by atoms with Crippen LogP contribution in [0.1, 0.15) is 21.5 Å². The highest BCUT2D eigenvalue weighted by molar-refractivity contribution is 5.94. The lowest BCUT2D eigenvalue weighted by molar-refractivity contribution is 0.0954. The lowest BCUT2D eigenvalue weighted by Gasteiger charge is -2.08. The van der Waals surface area contributed by atoms with Gasteiger partial charge in [-0.25, -0.2) is 0 Å². The third-order valence-electron chi connectivity index (χ3n) is 3.52. The summed E-state index contributed by atoms with van der Waals surface area (Å²) in [5.41, 5.74) is 8.78. The number of aryl methyl sites for hydroxylation is 1. The fourth-order valence-electron chi connectivity index (χ4n) is 2.26. The summed E-state index contributed by atoms with van der Waals surface area (Å²) in [6.45, 7) is 3.63. The number of aliphatic imine (C=N–C) groups is 1. The van der Waals surface area contributed by atoms with E-state index in [4.69, 9.17) is 5.73 Å². The average Bonchev–Trinajstić information content (AvgIpc) is 2.59. The summed E-state index contributed by atoms with van der Waals surface area (Å²) in [6.07, 6.45) is 0.854. The molecule has 0 aromatic heterocycles. The van der Waals surface area contributed by atoms with Crippen molar-refractivity contribution >= 4 is 11.9 Å². The van der Waals surface area contributed by atoms with Crippen molar-refractivity contribution < 1.29 is 4.79 Å². The Morgan fingerprint density at radius 3 is 2.54 bits per heavy atom. The maximum Gasteiger partial charge on any atom is 0.251 e. The first-order valence-corrected chi connectivity index (χ1v) is 8.08. The van der Waals surface area contributed by atoms with Crippen LogP contribution in [-0.4, -0.2) is 31.5 Å². The number of hydrogen-bond acceptors (Lipinski definition) is 2. The topological polar surface area (TPSA) is 79.5 Å². The molecule has 2 aromatic rings. The molecule has 0 radical (unpaired) electrons. The van der Waals surface area contributed by atoms with Crippen LogP contribution in [0.5, 0.6) is 0 Å². The summed E-state index contributed by atoms with van der Waals surface area (Å²) < 4.78 is 0. The number of benzene rings is 2. The van der Waals surface area contributed by atoms with Gasteiger partial charge in [-0.3, -0.25) is 9.79 Å². The minimum absolute atomic E-state index is 0.0833. The van der Waals surface area contributed by atoms with Crippen LogP contribution in [0, 0.1) is 6.92 Å². The molecule has 0 aliphatic rings. The smallest absolute Gasteiger partial charge is 0.251 e. The molecule has 0 unspecified atom stereocenters. The van der Waals surface area contributed by atoms with E-state index in [0.29, 0.717) is 31.2 Å². The van der Waals surface area contributed by atoms with E-state index in [9.17, 15) is 4.79 Å². The van der Waals surface area contributed by atoms with Crippen molar-refractivity contribution in [2.24, 2.45) is 10.7 Å². The number of carbonyl (C=O) groups excluding carboxylic acids is 1. The van der Waals surface area contributed by atoms with Crippen LogP contribution in [0.4, 0.5) is 0 Å². The Kier molecular flexibility index (Phi) is 6.83. The van der Waals surface area contributed by atoms with Crippen LogP contribution < -0.4 is 16.4 Å². The van der Waals surface area contributed by atoms with Gasteiger partial charge in [0.05, 0.1) is 0 Å². The zero-order valence-corrected chi connectivity index (χ0v) is 14.0. The van der Waals surface area contributed by atoms with E-state index in [0.717, 1.165) is 12.0 Å². The van der Waals surface area contributed by atoms with Crippen LogP contribution in [-0.2, 0) is 6.42 Å². The number of nitrogens with zero attached hydrogens (tertiary/aromatic N) is 1. The predicted octanol–water partition coefficient (Wildman–Crippen LogP) is 1.87. The van der Waals surface area contributed by atoms with E-state index in [1.54, 1.807) is 6.07 Å². The average molecular weight is 324 g/mol. The van der Waals surface area contributed by atoms with Crippen LogP contribution in [0.25, 0.3) is 0 Å². The standard InChI is InChI=1S/C19H24N4O/c1-15-6-5-9-17(14-15)18(24)21-12-13-23-19(20)22-11-10-16-7-3-2-4-8-16/h2-9,14H,10-13H2,1H3,(H,21,24)(H3,20,22,23). The quantitative estimate of drug-likeness (QED) is 0.413. The van der Waals surface area contributed by atoms with Crippen LogP contribution in [0.15, 0.2) is 59.6 Å².